The van der Waals surface area contributed by atoms with Crippen LogP contribution in [-0.2, 0) is 17.6 Å². The predicted molar refractivity (Wildman–Crippen MR) is 88.5 cm³/mol. The van der Waals surface area contributed by atoms with Gasteiger partial charge in [-0.3, -0.25) is 4.79 Å². The Balaban J connectivity index is 1.87. The molecule has 0 aromatic heterocycles. The fraction of sp³-hybridized carbons (Fsp3) is 0.316. The summed E-state index contributed by atoms with van der Waals surface area (Å²) in [6.07, 6.45) is 3.15. The van der Waals surface area contributed by atoms with E-state index in [9.17, 15) is 4.79 Å². The molecule has 1 amide bonds. The zero-order valence-electron chi connectivity index (χ0n) is 13.1. The lowest BCUT2D eigenvalue weighted by Crippen LogP contribution is -2.16. The Morgan fingerprint density at radius 1 is 1.18 bits per heavy atom. The number of nitrogens with one attached hydrogen (secondary N) is 1. The smallest absolute Gasteiger partial charge is 0.221 e. The number of fused-ring (bicyclic) bond motifs is 1. The molecule has 0 heterocycles. The van der Waals surface area contributed by atoms with E-state index in [2.05, 4.69) is 23.5 Å². The summed E-state index contributed by atoms with van der Waals surface area (Å²) in [4.78, 5) is 11.4. The number of benzene rings is 2. The summed E-state index contributed by atoms with van der Waals surface area (Å²) in [6, 6.07) is 14.5. The summed E-state index contributed by atoms with van der Waals surface area (Å²) < 4.78 is 5.31. The van der Waals surface area contributed by atoms with E-state index >= 15 is 0 Å². The van der Waals surface area contributed by atoms with Gasteiger partial charge in [0.1, 0.15) is 5.75 Å². The lowest BCUT2D eigenvalue weighted by Gasteiger charge is -2.27. The van der Waals surface area contributed by atoms with Gasteiger partial charge < -0.3 is 10.1 Å². The Morgan fingerprint density at radius 2 is 2.00 bits per heavy atom. The van der Waals surface area contributed by atoms with Crippen LogP contribution in [0.1, 0.15) is 36.0 Å². The SMILES string of the molecule is COc1ccc2c(c1)CCC(c1ccccc1NC(C)=O)C2. The molecule has 0 radical (unpaired) electrons. The first-order chi connectivity index (χ1) is 10.7. The van der Waals surface area contributed by atoms with Gasteiger partial charge in [-0.05, 0) is 60.1 Å². The molecule has 0 fully saturated rings. The van der Waals surface area contributed by atoms with Crippen LogP contribution in [0.5, 0.6) is 5.75 Å². The molecule has 3 nitrogen and oxygen atoms in total. The van der Waals surface area contributed by atoms with Crippen LogP contribution in [0.4, 0.5) is 5.69 Å². The summed E-state index contributed by atoms with van der Waals surface area (Å²) in [6.45, 7) is 1.55. The number of hydrogen-bond donors (Lipinski definition) is 1. The first-order valence-electron chi connectivity index (χ1n) is 7.69. The van der Waals surface area contributed by atoms with E-state index < -0.39 is 0 Å². The van der Waals surface area contributed by atoms with Gasteiger partial charge in [-0.2, -0.15) is 0 Å². The molecule has 2 aromatic carbocycles. The van der Waals surface area contributed by atoms with Gasteiger partial charge in [-0.25, -0.2) is 0 Å². The third-order valence-electron chi connectivity index (χ3n) is 4.35. The summed E-state index contributed by atoms with van der Waals surface area (Å²) in [5.74, 6) is 1.35. The number of hydrogen-bond acceptors (Lipinski definition) is 2. The predicted octanol–water partition coefficient (Wildman–Crippen LogP) is 3.93. The molecule has 1 atom stereocenters. The molecule has 0 saturated carbocycles. The molecule has 1 aliphatic rings. The number of carbonyl (C=O) groups excluding carboxylic acids is 1. The van der Waals surface area contributed by atoms with Crippen molar-refractivity contribution < 1.29 is 9.53 Å². The Labute approximate surface area is 131 Å². The number of rotatable bonds is 3. The van der Waals surface area contributed by atoms with Gasteiger partial charge in [0.25, 0.3) is 0 Å². The van der Waals surface area contributed by atoms with E-state index in [0.717, 1.165) is 30.7 Å². The van der Waals surface area contributed by atoms with E-state index in [1.54, 1.807) is 14.0 Å². The number of methoxy groups -OCH3 is 1. The summed E-state index contributed by atoms with van der Waals surface area (Å²) in [5.41, 5.74) is 4.94. The monoisotopic (exact) mass is 295 g/mol. The molecular weight excluding hydrogens is 274 g/mol. The molecule has 0 aliphatic heterocycles. The van der Waals surface area contributed by atoms with Crippen molar-refractivity contribution in [3.8, 4) is 5.75 Å². The Bertz CT molecular complexity index is 694. The Hall–Kier alpha value is -2.29. The number of para-hydroxylation sites is 1. The van der Waals surface area contributed by atoms with Gasteiger partial charge in [0, 0.05) is 12.6 Å². The van der Waals surface area contributed by atoms with E-state index in [4.69, 9.17) is 4.74 Å². The fourth-order valence-corrected chi connectivity index (χ4v) is 3.28. The van der Waals surface area contributed by atoms with Crippen LogP contribution in [0.15, 0.2) is 42.5 Å². The molecule has 1 aliphatic carbocycles. The summed E-state index contributed by atoms with van der Waals surface area (Å²) in [5, 5.41) is 2.95. The highest BCUT2D eigenvalue weighted by Gasteiger charge is 2.22. The minimum atomic E-state index is -0.0200. The van der Waals surface area contributed by atoms with Gasteiger partial charge in [0.15, 0.2) is 0 Å². The largest absolute Gasteiger partial charge is 0.497 e. The van der Waals surface area contributed by atoms with Crippen LogP contribution in [0.2, 0.25) is 0 Å². The van der Waals surface area contributed by atoms with Crippen molar-refractivity contribution in [3.63, 3.8) is 0 Å². The van der Waals surface area contributed by atoms with Gasteiger partial charge in [0.2, 0.25) is 5.91 Å². The highest BCUT2D eigenvalue weighted by molar-refractivity contribution is 5.89. The van der Waals surface area contributed by atoms with Crippen LogP contribution in [0.3, 0.4) is 0 Å². The minimum Gasteiger partial charge on any atom is -0.497 e. The average molecular weight is 295 g/mol. The molecule has 0 spiro atoms. The molecule has 1 unspecified atom stereocenters. The highest BCUT2D eigenvalue weighted by Crippen LogP contribution is 2.37. The Kier molecular flexibility index (Phi) is 4.14. The van der Waals surface area contributed by atoms with Gasteiger partial charge >= 0.3 is 0 Å². The van der Waals surface area contributed by atoms with Crippen molar-refractivity contribution in [1.29, 1.82) is 0 Å². The van der Waals surface area contributed by atoms with E-state index in [0.29, 0.717) is 5.92 Å². The molecule has 3 heteroatoms. The quantitative estimate of drug-likeness (QED) is 0.932. The maximum absolute atomic E-state index is 11.4. The maximum atomic E-state index is 11.4. The Morgan fingerprint density at radius 3 is 2.77 bits per heavy atom. The van der Waals surface area contributed by atoms with Crippen LogP contribution in [-0.4, -0.2) is 13.0 Å². The van der Waals surface area contributed by atoms with Crippen LogP contribution < -0.4 is 10.1 Å². The van der Waals surface area contributed by atoms with E-state index in [1.165, 1.54) is 16.7 Å². The molecule has 1 N–H and O–H groups in total. The third-order valence-corrected chi connectivity index (χ3v) is 4.35. The number of amides is 1. The second-order valence-corrected chi connectivity index (χ2v) is 5.84. The average Bonchev–Trinajstić information content (AvgIpc) is 2.54. The molecule has 2 aromatic rings. The van der Waals surface area contributed by atoms with Gasteiger partial charge in [0.05, 0.1) is 7.11 Å². The van der Waals surface area contributed by atoms with Gasteiger partial charge in [-0.1, -0.05) is 24.3 Å². The topological polar surface area (TPSA) is 38.3 Å². The van der Waals surface area contributed by atoms with E-state index in [1.807, 2.05) is 24.3 Å². The maximum Gasteiger partial charge on any atom is 0.221 e. The molecule has 22 heavy (non-hydrogen) atoms. The van der Waals surface area contributed by atoms with Crippen molar-refractivity contribution >= 4 is 11.6 Å². The van der Waals surface area contributed by atoms with Crippen molar-refractivity contribution in [3.05, 3.63) is 59.2 Å². The zero-order chi connectivity index (χ0) is 15.5. The molecule has 0 bridgehead atoms. The summed E-state index contributed by atoms with van der Waals surface area (Å²) in [7, 11) is 1.71. The standard InChI is InChI=1S/C19H21NO2/c1-13(21)20-19-6-4-3-5-18(19)16-8-7-15-12-17(22-2)10-9-14(15)11-16/h3-6,9-10,12,16H,7-8,11H2,1-2H3,(H,20,21). The van der Waals surface area contributed by atoms with Crippen LogP contribution in [0, 0.1) is 0 Å². The van der Waals surface area contributed by atoms with Crippen molar-refractivity contribution in [2.24, 2.45) is 0 Å². The van der Waals surface area contributed by atoms with Crippen molar-refractivity contribution in [2.45, 2.75) is 32.1 Å². The van der Waals surface area contributed by atoms with Crippen LogP contribution >= 0.6 is 0 Å². The molecular formula is C19H21NO2. The molecule has 3 rings (SSSR count). The lowest BCUT2D eigenvalue weighted by molar-refractivity contribution is -0.114. The van der Waals surface area contributed by atoms with Gasteiger partial charge in [-0.15, -0.1) is 0 Å². The fourth-order valence-electron chi connectivity index (χ4n) is 3.28. The lowest BCUT2D eigenvalue weighted by atomic mass is 9.79. The number of carbonyl (C=O) groups is 1. The number of ether oxygens (including phenoxy) is 1. The van der Waals surface area contributed by atoms with E-state index in [-0.39, 0.29) is 5.91 Å². The summed E-state index contributed by atoms with van der Waals surface area (Å²) >= 11 is 0. The zero-order valence-corrected chi connectivity index (χ0v) is 13.1. The highest BCUT2D eigenvalue weighted by atomic mass is 16.5. The number of anilines is 1. The third kappa shape index (κ3) is 2.98. The first kappa shape index (κ1) is 14.6. The first-order valence-corrected chi connectivity index (χ1v) is 7.69. The van der Waals surface area contributed by atoms with Crippen molar-refractivity contribution in [2.75, 3.05) is 12.4 Å². The minimum absolute atomic E-state index is 0.0200. The normalized spacial score (nSPS) is 16.7. The molecule has 114 valence electrons. The second kappa shape index (κ2) is 6.22. The second-order valence-electron chi connectivity index (χ2n) is 5.84. The number of aryl methyl sites for hydroxylation is 1. The van der Waals surface area contributed by atoms with Crippen molar-refractivity contribution in [1.82, 2.24) is 0 Å². The van der Waals surface area contributed by atoms with Crippen LogP contribution in [0.25, 0.3) is 0 Å². The molecule has 0 saturated heterocycles.